The maximum Gasteiger partial charge on any atom is 0.120 e. The van der Waals surface area contributed by atoms with Crippen molar-refractivity contribution in [2.24, 2.45) is 5.73 Å². The first-order valence-electron chi connectivity index (χ1n) is 4.73. The minimum Gasteiger partial charge on any atom is -0.508 e. The van der Waals surface area contributed by atoms with Gasteiger partial charge in [-0.25, -0.2) is 0 Å². The summed E-state index contributed by atoms with van der Waals surface area (Å²) >= 11 is 0. The van der Waals surface area contributed by atoms with Crippen LogP contribution in [0.15, 0.2) is 24.8 Å². The zero-order valence-corrected chi connectivity index (χ0v) is 8.75. The number of aryl methyl sites for hydroxylation is 2. The fraction of sp³-hybridized carbons (Fsp3) is 0.333. The summed E-state index contributed by atoms with van der Waals surface area (Å²) in [7, 11) is 0. The van der Waals surface area contributed by atoms with Crippen LogP contribution in [-0.4, -0.2) is 5.11 Å². The Morgan fingerprint density at radius 2 is 2.14 bits per heavy atom. The number of aromatic hydroxyl groups is 1. The number of rotatable bonds is 3. The summed E-state index contributed by atoms with van der Waals surface area (Å²) in [6.07, 6.45) is 2.45. The molecular formula is C12H17NO. The molecular weight excluding hydrogens is 174 g/mol. The van der Waals surface area contributed by atoms with Gasteiger partial charge in [0.25, 0.3) is 0 Å². The van der Waals surface area contributed by atoms with Crippen molar-refractivity contribution in [2.45, 2.75) is 26.3 Å². The van der Waals surface area contributed by atoms with E-state index in [0.717, 1.165) is 16.7 Å². The normalized spacial score (nSPS) is 12.5. The lowest BCUT2D eigenvalue weighted by molar-refractivity contribution is 0.460. The average molecular weight is 191 g/mol. The van der Waals surface area contributed by atoms with E-state index in [0.29, 0.717) is 6.42 Å². The first kappa shape index (κ1) is 10.8. The Bertz CT molecular complexity index is 321. The molecule has 0 aliphatic heterocycles. The summed E-state index contributed by atoms with van der Waals surface area (Å²) < 4.78 is 0. The summed E-state index contributed by atoms with van der Waals surface area (Å²) in [6, 6.07) is 3.61. The van der Waals surface area contributed by atoms with Crippen molar-refractivity contribution in [1.29, 1.82) is 0 Å². The van der Waals surface area contributed by atoms with E-state index in [1.54, 1.807) is 12.1 Å². The minimum absolute atomic E-state index is 0.159. The minimum atomic E-state index is -0.159. The number of phenols is 1. The van der Waals surface area contributed by atoms with Gasteiger partial charge in [-0.05, 0) is 37.5 Å². The molecule has 0 radical (unpaired) electrons. The van der Waals surface area contributed by atoms with Gasteiger partial charge in [0.1, 0.15) is 5.75 Å². The molecule has 0 heterocycles. The largest absolute Gasteiger partial charge is 0.508 e. The van der Waals surface area contributed by atoms with Gasteiger partial charge in [0.2, 0.25) is 0 Å². The molecule has 0 bridgehead atoms. The van der Waals surface area contributed by atoms with E-state index in [4.69, 9.17) is 5.73 Å². The topological polar surface area (TPSA) is 46.2 Å². The van der Waals surface area contributed by atoms with Crippen molar-refractivity contribution in [1.82, 2.24) is 0 Å². The molecule has 76 valence electrons. The van der Waals surface area contributed by atoms with Crippen molar-refractivity contribution >= 4 is 0 Å². The van der Waals surface area contributed by atoms with Gasteiger partial charge in [0.05, 0.1) is 0 Å². The van der Waals surface area contributed by atoms with Gasteiger partial charge in [-0.2, -0.15) is 0 Å². The number of nitrogens with two attached hydrogens (primary N) is 1. The van der Waals surface area contributed by atoms with Crippen LogP contribution in [0.4, 0.5) is 0 Å². The van der Waals surface area contributed by atoms with E-state index in [1.807, 2.05) is 19.9 Å². The summed E-state index contributed by atoms with van der Waals surface area (Å²) in [4.78, 5) is 0. The van der Waals surface area contributed by atoms with Gasteiger partial charge in [-0.15, -0.1) is 6.58 Å². The van der Waals surface area contributed by atoms with Crippen molar-refractivity contribution < 1.29 is 5.11 Å². The second-order valence-corrected chi connectivity index (χ2v) is 3.65. The first-order chi connectivity index (χ1) is 6.56. The second-order valence-electron chi connectivity index (χ2n) is 3.65. The highest BCUT2D eigenvalue weighted by molar-refractivity contribution is 5.44. The Hall–Kier alpha value is -1.28. The Kier molecular flexibility index (Phi) is 3.31. The van der Waals surface area contributed by atoms with E-state index in [1.165, 1.54) is 0 Å². The second kappa shape index (κ2) is 4.29. The summed E-state index contributed by atoms with van der Waals surface area (Å²) in [5, 5.41) is 9.75. The van der Waals surface area contributed by atoms with Crippen LogP contribution in [0.3, 0.4) is 0 Å². The van der Waals surface area contributed by atoms with Crippen LogP contribution in [0.2, 0.25) is 0 Å². The van der Waals surface area contributed by atoms with Gasteiger partial charge in [-0.3, -0.25) is 0 Å². The third-order valence-electron chi connectivity index (χ3n) is 2.30. The standard InChI is InChI=1S/C12H17NO/c1-4-5-10(13)12-9(3)6-8(2)7-11(12)14/h4,6-7,10,14H,1,5,13H2,2-3H3/t10-/m0/s1. The maximum absolute atomic E-state index is 9.75. The average Bonchev–Trinajstić information content (AvgIpc) is 2.01. The number of phenolic OH excluding ortho intramolecular Hbond substituents is 1. The van der Waals surface area contributed by atoms with E-state index in [9.17, 15) is 5.11 Å². The van der Waals surface area contributed by atoms with E-state index < -0.39 is 0 Å². The predicted molar refractivity (Wildman–Crippen MR) is 59.3 cm³/mol. The molecule has 3 N–H and O–H groups in total. The van der Waals surface area contributed by atoms with Crippen LogP contribution in [-0.2, 0) is 0 Å². The molecule has 2 nitrogen and oxygen atoms in total. The Morgan fingerprint density at radius 1 is 1.50 bits per heavy atom. The molecule has 0 saturated heterocycles. The maximum atomic E-state index is 9.75. The number of hydrogen-bond acceptors (Lipinski definition) is 2. The van der Waals surface area contributed by atoms with Crippen LogP contribution < -0.4 is 5.73 Å². The number of benzene rings is 1. The van der Waals surface area contributed by atoms with Gasteiger partial charge >= 0.3 is 0 Å². The molecule has 0 aliphatic rings. The Morgan fingerprint density at radius 3 is 2.64 bits per heavy atom. The summed E-state index contributed by atoms with van der Waals surface area (Å²) in [5.74, 6) is 0.289. The predicted octanol–water partition coefficient (Wildman–Crippen LogP) is 2.58. The zero-order chi connectivity index (χ0) is 10.7. The van der Waals surface area contributed by atoms with Crippen LogP contribution in [0.5, 0.6) is 5.75 Å². The van der Waals surface area contributed by atoms with E-state index in [2.05, 4.69) is 6.58 Å². The molecule has 1 aromatic carbocycles. The lowest BCUT2D eigenvalue weighted by Crippen LogP contribution is -2.11. The Balaban J connectivity index is 3.13. The number of hydrogen-bond donors (Lipinski definition) is 2. The van der Waals surface area contributed by atoms with Crippen LogP contribution in [0.25, 0.3) is 0 Å². The van der Waals surface area contributed by atoms with Gasteiger partial charge in [0.15, 0.2) is 0 Å². The fourth-order valence-corrected chi connectivity index (χ4v) is 1.74. The van der Waals surface area contributed by atoms with Crippen molar-refractivity contribution in [3.63, 3.8) is 0 Å². The molecule has 0 saturated carbocycles. The fourth-order valence-electron chi connectivity index (χ4n) is 1.74. The molecule has 1 rings (SSSR count). The van der Waals surface area contributed by atoms with E-state index >= 15 is 0 Å². The SMILES string of the molecule is C=CC[C@H](N)c1c(C)cc(C)cc1O. The van der Waals surface area contributed by atoms with Crippen LogP contribution in [0, 0.1) is 13.8 Å². The molecule has 0 fully saturated rings. The molecule has 0 spiro atoms. The molecule has 0 aliphatic carbocycles. The first-order valence-corrected chi connectivity index (χ1v) is 4.73. The monoisotopic (exact) mass is 191 g/mol. The molecule has 0 unspecified atom stereocenters. The van der Waals surface area contributed by atoms with Gasteiger partial charge < -0.3 is 10.8 Å². The highest BCUT2D eigenvalue weighted by atomic mass is 16.3. The molecule has 0 aromatic heterocycles. The highest BCUT2D eigenvalue weighted by Gasteiger charge is 2.12. The summed E-state index contributed by atoms with van der Waals surface area (Å²) in [5.41, 5.74) is 8.84. The van der Waals surface area contributed by atoms with Crippen LogP contribution in [0.1, 0.15) is 29.2 Å². The quantitative estimate of drug-likeness (QED) is 0.721. The van der Waals surface area contributed by atoms with Crippen molar-refractivity contribution in [3.8, 4) is 5.75 Å². The van der Waals surface area contributed by atoms with Crippen molar-refractivity contribution in [3.05, 3.63) is 41.5 Å². The van der Waals surface area contributed by atoms with Crippen LogP contribution >= 0.6 is 0 Å². The van der Waals surface area contributed by atoms with E-state index in [-0.39, 0.29) is 11.8 Å². The van der Waals surface area contributed by atoms with Gasteiger partial charge in [-0.1, -0.05) is 12.1 Å². The third-order valence-corrected chi connectivity index (χ3v) is 2.30. The highest BCUT2D eigenvalue weighted by Crippen LogP contribution is 2.29. The van der Waals surface area contributed by atoms with Gasteiger partial charge in [0, 0.05) is 11.6 Å². The molecule has 2 heteroatoms. The third kappa shape index (κ3) is 2.15. The molecule has 1 aromatic rings. The zero-order valence-electron chi connectivity index (χ0n) is 8.75. The lowest BCUT2D eigenvalue weighted by Gasteiger charge is -2.15. The Labute approximate surface area is 85.1 Å². The molecule has 0 amide bonds. The summed E-state index contributed by atoms with van der Waals surface area (Å²) in [6.45, 7) is 7.56. The molecule has 1 atom stereocenters. The smallest absolute Gasteiger partial charge is 0.120 e. The molecule has 14 heavy (non-hydrogen) atoms. The van der Waals surface area contributed by atoms with Crippen molar-refractivity contribution in [2.75, 3.05) is 0 Å². The lowest BCUT2D eigenvalue weighted by atomic mass is 9.96.